The summed E-state index contributed by atoms with van der Waals surface area (Å²) in [5.41, 5.74) is 1.66. The summed E-state index contributed by atoms with van der Waals surface area (Å²) in [4.78, 5) is 4.48. The molecule has 0 radical (unpaired) electrons. The van der Waals surface area contributed by atoms with E-state index in [0.717, 1.165) is 5.56 Å². The van der Waals surface area contributed by atoms with Crippen molar-refractivity contribution in [3.8, 4) is 12.1 Å². The van der Waals surface area contributed by atoms with E-state index in [4.69, 9.17) is 22.1 Å². The van der Waals surface area contributed by atoms with Gasteiger partial charge in [-0.1, -0.05) is 35.1 Å². The van der Waals surface area contributed by atoms with Crippen LogP contribution in [-0.4, -0.2) is 4.98 Å². The fourth-order valence-electron chi connectivity index (χ4n) is 1.55. The Morgan fingerprint density at radius 2 is 1.95 bits per heavy atom. The Labute approximate surface area is 119 Å². The van der Waals surface area contributed by atoms with Crippen molar-refractivity contribution >= 4 is 28.1 Å². The molecule has 1 atom stereocenters. The number of benzene rings is 1. The van der Waals surface area contributed by atoms with Crippen LogP contribution in [0, 0.1) is 22.7 Å². The molecule has 1 N–H and O–H groups in total. The van der Waals surface area contributed by atoms with Gasteiger partial charge in [-0.2, -0.15) is 10.5 Å². The van der Waals surface area contributed by atoms with E-state index in [9.17, 15) is 0 Å². The summed E-state index contributed by atoms with van der Waals surface area (Å²) in [5, 5.41) is 21.6. The van der Waals surface area contributed by atoms with Gasteiger partial charge in [0.25, 0.3) is 0 Å². The van der Waals surface area contributed by atoms with Gasteiger partial charge in [-0.25, -0.2) is 4.98 Å². The summed E-state index contributed by atoms with van der Waals surface area (Å²) in [5.74, 6) is 0. The molecule has 1 aromatic heterocycles. The Bertz CT molecular complexity index is 663. The lowest BCUT2D eigenvalue weighted by Crippen LogP contribution is -2.06. The van der Waals surface area contributed by atoms with E-state index >= 15 is 0 Å². The maximum Gasteiger partial charge on any atom is 0.185 e. The zero-order chi connectivity index (χ0) is 13.8. The van der Waals surface area contributed by atoms with Crippen LogP contribution in [0.1, 0.15) is 29.0 Å². The lowest BCUT2D eigenvalue weighted by Gasteiger charge is -2.12. The van der Waals surface area contributed by atoms with Gasteiger partial charge in [-0.15, -0.1) is 0 Å². The lowest BCUT2D eigenvalue weighted by molar-refractivity contribution is 0.881. The van der Waals surface area contributed by atoms with Crippen LogP contribution in [0.15, 0.2) is 24.3 Å². The second-order valence-electron chi connectivity index (χ2n) is 3.85. The number of nitrogens with one attached hydrogen (secondary N) is 1. The zero-order valence-electron chi connectivity index (χ0n) is 10.0. The van der Waals surface area contributed by atoms with Crippen LogP contribution in [0.4, 0.5) is 5.13 Å². The molecule has 0 aliphatic heterocycles. The first kappa shape index (κ1) is 13.4. The molecule has 0 aliphatic carbocycles. The molecule has 6 heteroatoms. The second-order valence-corrected chi connectivity index (χ2v) is 5.21. The van der Waals surface area contributed by atoms with Crippen LogP contribution in [0.2, 0.25) is 5.15 Å². The topological polar surface area (TPSA) is 72.5 Å². The summed E-state index contributed by atoms with van der Waals surface area (Å²) < 4.78 is 0. The molecule has 0 aliphatic rings. The molecule has 1 heterocycles. The monoisotopic (exact) mass is 288 g/mol. The Morgan fingerprint density at radius 1 is 1.26 bits per heavy atom. The molecule has 1 aromatic carbocycles. The Kier molecular flexibility index (Phi) is 4.01. The predicted molar refractivity (Wildman–Crippen MR) is 75.0 cm³/mol. The Hall–Kier alpha value is -2.08. The minimum Gasteiger partial charge on any atom is -0.355 e. The predicted octanol–water partition coefficient (Wildman–Crippen LogP) is 3.71. The average molecular weight is 289 g/mol. The van der Waals surface area contributed by atoms with Gasteiger partial charge in [0.05, 0.1) is 17.7 Å². The number of nitrogens with zero attached hydrogens (tertiary/aromatic N) is 3. The zero-order valence-corrected chi connectivity index (χ0v) is 11.6. The highest BCUT2D eigenvalue weighted by atomic mass is 35.5. The van der Waals surface area contributed by atoms with Crippen LogP contribution in [0.3, 0.4) is 0 Å². The normalized spacial score (nSPS) is 11.4. The maximum absolute atomic E-state index is 8.82. The first-order valence-electron chi connectivity index (χ1n) is 5.47. The number of thiazole rings is 1. The van der Waals surface area contributed by atoms with E-state index in [1.165, 1.54) is 11.3 Å². The molecule has 2 aromatic rings. The molecule has 0 fully saturated rings. The van der Waals surface area contributed by atoms with Crippen molar-refractivity contribution in [3.05, 3.63) is 45.4 Å². The van der Waals surface area contributed by atoms with Gasteiger partial charge < -0.3 is 5.32 Å². The molecule has 0 bridgehead atoms. The molecular weight excluding hydrogens is 280 g/mol. The molecule has 0 saturated carbocycles. The Morgan fingerprint density at radius 3 is 2.47 bits per heavy atom. The van der Waals surface area contributed by atoms with Crippen molar-refractivity contribution < 1.29 is 0 Å². The van der Waals surface area contributed by atoms with Crippen molar-refractivity contribution in [1.29, 1.82) is 10.5 Å². The van der Waals surface area contributed by atoms with Gasteiger partial charge >= 0.3 is 0 Å². The van der Waals surface area contributed by atoms with Crippen LogP contribution in [-0.2, 0) is 0 Å². The van der Waals surface area contributed by atoms with E-state index < -0.39 is 0 Å². The molecule has 1 unspecified atom stereocenters. The van der Waals surface area contributed by atoms with Gasteiger partial charge in [0, 0.05) is 0 Å². The highest BCUT2D eigenvalue weighted by Crippen LogP contribution is 2.28. The molecular formula is C13H9ClN4S. The van der Waals surface area contributed by atoms with Gasteiger partial charge in [0.15, 0.2) is 10.3 Å². The summed E-state index contributed by atoms with van der Waals surface area (Å²) in [6, 6.07) is 11.4. The highest BCUT2D eigenvalue weighted by Gasteiger charge is 2.12. The third kappa shape index (κ3) is 3.03. The standard InChI is InChI=1S/C13H9ClN4S/c1-8(10-4-2-9(6-15)3-5-10)17-13-18-12(14)11(7-16)19-13/h2-5,8H,1H3,(H,17,18). The second kappa shape index (κ2) is 5.71. The van der Waals surface area contributed by atoms with Gasteiger partial charge in [-0.05, 0) is 24.6 Å². The summed E-state index contributed by atoms with van der Waals surface area (Å²) in [7, 11) is 0. The molecule has 4 nitrogen and oxygen atoms in total. The van der Waals surface area contributed by atoms with Crippen LogP contribution in [0.5, 0.6) is 0 Å². The summed E-state index contributed by atoms with van der Waals surface area (Å²) in [6.45, 7) is 1.97. The lowest BCUT2D eigenvalue weighted by atomic mass is 10.1. The largest absolute Gasteiger partial charge is 0.355 e. The number of hydrogen-bond acceptors (Lipinski definition) is 5. The minimum absolute atomic E-state index is 0.0153. The molecule has 0 spiro atoms. The fraction of sp³-hybridized carbons (Fsp3) is 0.154. The third-order valence-electron chi connectivity index (χ3n) is 2.57. The van der Waals surface area contributed by atoms with Gasteiger partial charge in [0.1, 0.15) is 10.9 Å². The number of halogens is 1. The van der Waals surface area contributed by atoms with E-state index in [1.807, 2.05) is 25.1 Å². The number of anilines is 1. The first-order valence-corrected chi connectivity index (χ1v) is 6.66. The highest BCUT2D eigenvalue weighted by molar-refractivity contribution is 7.16. The maximum atomic E-state index is 8.82. The van der Waals surface area contributed by atoms with Crippen molar-refractivity contribution in [1.82, 2.24) is 4.98 Å². The van der Waals surface area contributed by atoms with E-state index in [-0.39, 0.29) is 11.2 Å². The molecule has 0 amide bonds. The van der Waals surface area contributed by atoms with Gasteiger partial charge in [-0.3, -0.25) is 0 Å². The number of aromatic nitrogens is 1. The molecule has 19 heavy (non-hydrogen) atoms. The van der Waals surface area contributed by atoms with E-state index in [0.29, 0.717) is 15.6 Å². The van der Waals surface area contributed by atoms with Crippen LogP contribution in [0.25, 0.3) is 0 Å². The van der Waals surface area contributed by atoms with Gasteiger partial charge in [0.2, 0.25) is 0 Å². The number of rotatable bonds is 3. The molecule has 2 rings (SSSR count). The SMILES string of the molecule is CC(Nc1nc(Cl)c(C#N)s1)c1ccc(C#N)cc1. The van der Waals surface area contributed by atoms with Crippen LogP contribution >= 0.6 is 22.9 Å². The van der Waals surface area contributed by atoms with Crippen molar-refractivity contribution in [3.63, 3.8) is 0 Å². The summed E-state index contributed by atoms with van der Waals surface area (Å²) in [6.07, 6.45) is 0. The first-order chi connectivity index (χ1) is 9.13. The van der Waals surface area contributed by atoms with E-state index in [2.05, 4.69) is 16.4 Å². The average Bonchev–Trinajstić information content (AvgIpc) is 2.78. The fourth-order valence-corrected chi connectivity index (χ4v) is 2.58. The number of nitriles is 2. The molecule has 0 saturated heterocycles. The Balaban J connectivity index is 2.14. The summed E-state index contributed by atoms with van der Waals surface area (Å²) >= 11 is 7.04. The van der Waals surface area contributed by atoms with E-state index in [1.54, 1.807) is 12.1 Å². The van der Waals surface area contributed by atoms with Crippen molar-refractivity contribution in [2.75, 3.05) is 5.32 Å². The third-order valence-corrected chi connectivity index (χ3v) is 3.84. The molecule has 94 valence electrons. The van der Waals surface area contributed by atoms with Crippen LogP contribution < -0.4 is 5.32 Å². The quantitative estimate of drug-likeness (QED) is 0.934. The number of hydrogen-bond donors (Lipinski definition) is 1. The van der Waals surface area contributed by atoms with Crippen molar-refractivity contribution in [2.45, 2.75) is 13.0 Å². The minimum atomic E-state index is 0.0153. The smallest absolute Gasteiger partial charge is 0.185 e. The van der Waals surface area contributed by atoms with Crippen molar-refractivity contribution in [2.24, 2.45) is 0 Å².